The molecule has 0 heterocycles. The first kappa shape index (κ1) is 22.2. The molecule has 8 unspecified atom stereocenters. The first-order valence-corrected chi connectivity index (χ1v) is 13.1. The average Bonchev–Trinajstić information content (AvgIpc) is 2.72. The third-order valence-corrected chi connectivity index (χ3v) is 11.9. The topological polar surface area (TPSA) is 40.5 Å². The minimum atomic E-state index is -0.179. The molecule has 174 valence electrons. The molecular weight excluding hydrogens is 380 g/mol. The van der Waals surface area contributed by atoms with E-state index in [2.05, 4.69) is 53.7 Å². The summed E-state index contributed by atoms with van der Waals surface area (Å²) in [6.45, 7) is 14.9. The molecule has 31 heavy (non-hydrogen) atoms. The van der Waals surface area contributed by atoms with Crippen molar-refractivity contribution in [2.75, 3.05) is 6.61 Å². The van der Waals surface area contributed by atoms with Gasteiger partial charge in [0.15, 0.2) is 0 Å². The van der Waals surface area contributed by atoms with Gasteiger partial charge in [-0.2, -0.15) is 0 Å². The maximum atomic E-state index is 10.8. The molecule has 0 aliphatic heterocycles. The fourth-order valence-electron chi connectivity index (χ4n) is 9.37. The lowest BCUT2D eigenvalue weighted by Crippen LogP contribution is -2.56. The maximum Gasteiger partial charge on any atom is 0.0594 e. The number of aliphatic hydroxyl groups excluding tert-OH is 2. The lowest BCUT2D eigenvalue weighted by atomic mass is 9.40. The van der Waals surface area contributed by atoms with Crippen LogP contribution in [0, 0.1) is 44.8 Å². The molecule has 8 atom stereocenters. The summed E-state index contributed by atoms with van der Waals surface area (Å²) < 4.78 is 0. The molecule has 0 aromatic heterocycles. The van der Waals surface area contributed by atoms with E-state index in [1.807, 2.05) is 0 Å². The van der Waals surface area contributed by atoms with Crippen LogP contribution in [0.25, 0.3) is 0 Å². The van der Waals surface area contributed by atoms with Crippen LogP contribution >= 0.6 is 0 Å². The molecule has 0 aromatic carbocycles. The van der Waals surface area contributed by atoms with E-state index in [1.54, 1.807) is 11.1 Å². The van der Waals surface area contributed by atoms with Crippen LogP contribution in [0.4, 0.5) is 0 Å². The van der Waals surface area contributed by atoms with Gasteiger partial charge in [-0.3, -0.25) is 0 Å². The Bertz CT molecular complexity index is 823. The minimum Gasteiger partial charge on any atom is -0.396 e. The normalized spacial score (nSPS) is 53.3. The third kappa shape index (κ3) is 2.89. The standard InChI is InChI=1S/C29H46O2/c1-25(2)23-10-9-19-20(29(23,6)12-11-24(25)31)7-8-21-22-17-26(3,18-30)13-14-27(22,4)15-16-28(19,21)5/h7,9,21-24,30-31H,8,10-18H2,1-6H3. The van der Waals surface area contributed by atoms with E-state index in [-0.39, 0.29) is 27.8 Å². The molecule has 5 aliphatic rings. The van der Waals surface area contributed by atoms with E-state index in [0.29, 0.717) is 29.8 Å². The molecule has 2 nitrogen and oxygen atoms in total. The lowest BCUT2D eigenvalue weighted by molar-refractivity contribution is -0.104. The van der Waals surface area contributed by atoms with Crippen LogP contribution in [0.5, 0.6) is 0 Å². The molecule has 2 N–H and O–H groups in total. The summed E-state index contributed by atoms with van der Waals surface area (Å²) in [5.41, 5.74) is 4.32. The van der Waals surface area contributed by atoms with Crippen LogP contribution in [0.2, 0.25) is 0 Å². The summed E-state index contributed by atoms with van der Waals surface area (Å²) in [6, 6.07) is 0. The van der Waals surface area contributed by atoms with Gasteiger partial charge in [0.25, 0.3) is 0 Å². The van der Waals surface area contributed by atoms with Crippen molar-refractivity contribution < 1.29 is 10.2 Å². The van der Waals surface area contributed by atoms with Crippen LogP contribution in [-0.2, 0) is 0 Å². The summed E-state index contributed by atoms with van der Waals surface area (Å²) in [7, 11) is 0. The Morgan fingerprint density at radius 1 is 0.806 bits per heavy atom. The second-order valence-electron chi connectivity index (χ2n) is 14.0. The quantitative estimate of drug-likeness (QED) is 0.491. The summed E-state index contributed by atoms with van der Waals surface area (Å²) in [5.74, 6) is 1.95. The van der Waals surface area contributed by atoms with Crippen LogP contribution in [0.15, 0.2) is 23.3 Å². The smallest absolute Gasteiger partial charge is 0.0594 e. The molecule has 0 bridgehead atoms. The van der Waals surface area contributed by atoms with Crippen molar-refractivity contribution in [2.24, 2.45) is 44.8 Å². The Balaban J connectivity index is 1.55. The summed E-state index contributed by atoms with van der Waals surface area (Å²) in [4.78, 5) is 0. The molecule has 5 rings (SSSR count). The molecule has 0 amide bonds. The zero-order valence-electron chi connectivity index (χ0n) is 20.9. The van der Waals surface area contributed by atoms with Gasteiger partial charge in [-0.05, 0) is 114 Å². The fourth-order valence-corrected chi connectivity index (χ4v) is 9.37. The van der Waals surface area contributed by atoms with Crippen LogP contribution in [0.1, 0.15) is 99.3 Å². The highest BCUT2D eigenvalue weighted by molar-refractivity contribution is 5.48. The van der Waals surface area contributed by atoms with Crippen molar-refractivity contribution in [1.82, 2.24) is 0 Å². The highest BCUT2D eigenvalue weighted by Crippen LogP contribution is 2.70. The van der Waals surface area contributed by atoms with Crippen LogP contribution in [0.3, 0.4) is 0 Å². The van der Waals surface area contributed by atoms with Gasteiger partial charge in [-0.1, -0.05) is 53.7 Å². The molecule has 3 fully saturated rings. The molecule has 0 radical (unpaired) electrons. The van der Waals surface area contributed by atoms with Crippen molar-refractivity contribution in [3.8, 4) is 0 Å². The number of rotatable bonds is 1. The first-order valence-electron chi connectivity index (χ1n) is 13.1. The van der Waals surface area contributed by atoms with E-state index in [0.717, 1.165) is 19.3 Å². The largest absolute Gasteiger partial charge is 0.396 e. The average molecular weight is 427 g/mol. The number of allylic oxidation sites excluding steroid dienone is 4. The molecule has 2 heteroatoms. The summed E-state index contributed by atoms with van der Waals surface area (Å²) in [6.07, 6.45) is 15.8. The van der Waals surface area contributed by atoms with E-state index < -0.39 is 0 Å². The van der Waals surface area contributed by atoms with Gasteiger partial charge in [-0.25, -0.2) is 0 Å². The Labute approximate surface area is 190 Å². The van der Waals surface area contributed by atoms with Crippen LogP contribution in [-0.4, -0.2) is 22.9 Å². The van der Waals surface area contributed by atoms with Gasteiger partial charge >= 0.3 is 0 Å². The van der Waals surface area contributed by atoms with E-state index in [4.69, 9.17) is 0 Å². The van der Waals surface area contributed by atoms with Crippen LogP contribution < -0.4 is 0 Å². The number of hydrogen-bond acceptors (Lipinski definition) is 2. The molecule has 5 aliphatic carbocycles. The van der Waals surface area contributed by atoms with Crippen molar-refractivity contribution in [3.63, 3.8) is 0 Å². The predicted octanol–water partition coefficient (Wildman–Crippen LogP) is 6.67. The molecule has 0 aromatic rings. The maximum absolute atomic E-state index is 10.8. The zero-order valence-corrected chi connectivity index (χ0v) is 20.9. The van der Waals surface area contributed by atoms with Gasteiger partial charge in [-0.15, -0.1) is 0 Å². The molecule has 0 saturated heterocycles. The number of fused-ring (bicyclic) bond motifs is 7. The highest BCUT2D eigenvalue weighted by atomic mass is 16.3. The van der Waals surface area contributed by atoms with Gasteiger partial charge in [0.1, 0.15) is 0 Å². The monoisotopic (exact) mass is 426 g/mol. The third-order valence-electron chi connectivity index (χ3n) is 11.9. The SMILES string of the molecule is CC1(CO)CCC2(C)CCC3(C)C4=CCC5C(C)(CCC(O)C5(C)C)C4=CCC3C2C1. The Morgan fingerprint density at radius 3 is 2.16 bits per heavy atom. The summed E-state index contributed by atoms with van der Waals surface area (Å²) >= 11 is 0. The Hall–Kier alpha value is -0.600. The van der Waals surface area contributed by atoms with Crippen molar-refractivity contribution in [3.05, 3.63) is 23.3 Å². The molecule has 3 saturated carbocycles. The predicted molar refractivity (Wildman–Crippen MR) is 127 cm³/mol. The van der Waals surface area contributed by atoms with E-state index >= 15 is 0 Å². The van der Waals surface area contributed by atoms with E-state index in [1.165, 1.54) is 38.5 Å². The highest BCUT2D eigenvalue weighted by Gasteiger charge is 2.61. The van der Waals surface area contributed by atoms with Crippen molar-refractivity contribution in [2.45, 2.75) is 105 Å². The van der Waals surface area contributed by atoms with Gasteiger partial charge in [0, 0.05) is 6.61 Å². The number of hydrogen-bond donors (Lipinski definition) is 2. The molecule has 0 spiro atoms. The minimum absolute atomic E-state index is 0.0227. The Kier molecular flexibility index (Phi) is 4.81. The van der Waals surface area contributed by atoms with Gasteiger partial charge < -0.3 is 10.2 Å². The zero-order chi connectivity index (χ0) is 22.4. The lowest BCUT2D eigenvalue weighted by Gasteiger charge is -2.64. The Morgan fingerprint density at radius 2 is 1.45 bits per heavy atom. The van der Waals surface area contributed by atoms with Gasteiger partial charge in [0.2, 0.25) is 0 Å². The van der Waals surface area contributed by atoms with Crippen molar-refractivity contribution >= 4 is 0 Å². The first-order chi connectivity index (χ1) is 14.4. The second-order valence-corrected chi connectivity index (χ2v) is 14.0. The summed E-state index contributed by atoms with van der Waals surface area (Å²) in [5, 5.41) is 21.0. The van der Waals surface area contributed by atoms with E-state index in [9.17, 15) is 10.2 Å². The molecular formula is C29H46O2. The number of aliphatic hydroxyl groups is 2. The second kappa shape index (κ2) is 6.72. The van der Waals surface area contributed by atoms with Crippen molar-refractivity contribution in [1.29, 1.82) is 0 Å². The van der Waals surface area contributed by atoms with Gasteiger partial charge in [0.05, 0.1) is 6.10 Å². The fraction of sp³-hybridized carbons (Fsp3) is 0.862.